The van der Waals surface area contributed by atoms with Crippen LogP contribution in [0.2, 0.25) is 0 Å². The van der Waals surface area contributed by atoms with Gasteiger partial charge >= 0.3 is 12.1 Å². The Balaban J connectivity index is 1.46. The number of carboxylic acid groups (broad SMARTS) is 1. The van der Waals surface area contributed by atoms with Crippen molar-refractivity contribution in [1.29, 1.82) is 0 Å². The molecule has 180 valence electrons. The Bertz CT molecular complexity index is 1010. The largest absolute Gasteiger partial charge is 0.481 e. The lowest BCUT2D eigenvalue weighted by atomic mass is 9.68. The summed E-state index contributed by atoms with van der Waals surface area (Å²) in [6.07, 6.45) is -1.05. The van der Waals surface area contributed by atoms with E-state index in [-0.39, 0.29) is 43.4 Å². The Labute approximate surface area is 194 Å². The number of aromatic nitrogens is 2. The van der Waals surface area contributed by atoms with Gasteiger partial charge in [-0.15, -0.1) is 0 Å². The van der Waals surface area contributed by atoms with Crippen molar-refractivity contribution >= 4 is 23.2 Å². The SMILES string of the molecule is CC[C@]1(C(=O)O)CC[C@H](CC(=O)N2CCc3c(C(F)(F)F)nn(Cc4ccsc4)c3C2)CC1. The third-order valence-corrected chi connectivity index (χ3v) is 8.06. The Hall–Kier alpha value is -2.36. The Morgan fingerprint density at radius 3 is 2.61 bits per heavy atom. The molecule has 0 radical (unpaired) electrons. The van der Waals surface area contributed by atoms with Gasteiger partial charge in [-0.3, -0.25) is 14.3 Å². The number of carboxylic acids is 1. The first-order valence-corrected chi connectivity index (χ1v) is 12.2. The predicted octanol–water partition coefficient (Wildman–Crippen LogP) is 4.96. The first-order chi connectivity index (χ1) is 15.6. The maximum Gasteiger partial charge on any atom is 0.435 e. The van der Waals surface area contributed by atoms with Crippen LogP contribution in [0.4, 0.5) is 13.2 Å². The summed E-state index contributed by atoms with van der Waals surface area (Å²) >= 11 is 1.47. The Kier molecular flexibility index (Phi) is 6.57. The van der Waals surface area contributed by atoms with Gasteiger partial charge in [0.25, 0.3) is 0 Å². The van der Waals surface area contributed by atoms with Crippen LogP contribution in [-0.2, 0) is 35.3 Å². The summed E-state index contributed by atoms with van der Waals surface area (Å²) in [4.78, 5) is 26.3. The van der Waals surface area contributed by atoms with E-state index >= 15 is 0 Å². The van der Waals surface area contributed by atoms with E-state index in [0.717, 1.165) is 5.56 Å². The predicted molar refractivity (Wildman–Crippen MR) is 117 cm³/mol. The minimum atomic E-state index is -4.53. The highest BCUT2D eigenvalue weighted by Gasteiger charge is 2.42. The van der Waals surface area contributed by atoms with Gasteiger partial charge in [-0.1, -0.05) is 6.92 Å². The van der Waals surface area contributed by atoms with Gasteiger partial charge in [0.15, 0.2) is 5.69 Å². The van der Waals surface area contributed by atoms with Crippen LogP contribution in [0.3, 0.4) is 0 Å². The minimum absolute atomic E-state index is 0.0817. The van der Waals surface area contributed by atoms with E-state index in [1.54, 1.807) is 4.90 Å². The molecule has 0 bridgehead atoms. The molecule has 0 atom stereocenters. The van der Waals surface area contributed by atoms with Crippen molar-refractivity contribution in [3.63, 3.8) is 0 Å². The minimum Gasteiger partial charge on any atom is -0.481 e. The Morgan fingerprint density at radius 1 is 1.30 bits per heavy atom. The number of thiophene rings is 1. The van der Waals surface area contributed by atoms with Gasteiger partial charge in [0, 0.05) is 18.5 Å². The third-order valence-electron chi connectivity index (χ3n) is 7.33. The number of halogens is 3. The zero-order chi connectivity index (χ0) is 23.8. The summed E-state index contributed by atoms with van der Waals surface area (Å²) < 4.78 is 42.1. The molecule has 0 aromatic carbocycles. The quantitative estimate of drug-likeness (QED) is 0.630. The van der Waals surface area contributed by atoms with E-state index in [2.05, 4.69) is 5.10 Å². The van der Waals surface area contributed by atoms with Crippen molar-refractivity contribution in [2.24, 2.45) is 11.3 Å². The molecular weight excluding hydrogens is 455 g/mol. The molecule has 0 saturated heterocycles. The summed E-state index contributed by atoms with van der Waals surface area (Å²) in [5, 5.41) is 17.2. The summed E-state index contributed by atoms with van der Waals surface area (Å²) in [6.45, 7) is 2.47. The molecule has 33 heavy (non-hydrogen) atoms. The number of carbonyl (C=O) groups excluding carboxylic acids is 1. The Morgan fingerprint density at radius 2 is 2.03 bits per heavy atom. The van der Waals surface area contributed by atoms with Crippen LogP contribution >= 0.6 is 11.3 Å². The van der Waals surface area contributed by atoms with Crippen molar-refractivity contribution in [2.45, 2.75) is 71.1 Å². The van der Waals surface area contributed by atoms with Gasteiger partial charge in [0.1, 0.15) is 0 Å². The summed E-state index contributed by atoms with van der Waals surface area (Å²) in [5.74, 6) is -0.737. The lowest BCUT2D eigenvalue weighted by molar-refractivity contribution is -0.152. The van der Waals surface area contributed by atoms with Gasteiger partial charge in [-0.05, 0) is 66.8 Å². The number of nitrogens with zero attached hydrogens (tertiary/aromatic N) is 3. The van der Waals surface area contributed by atoms with Crippen molar-refractivity contribution in [3.05, 3.63) is 39.3 Å². The van der Waals surface area contributed by atoms with E-state index in [1.165, 1.54) is 16.0 Å². The second-order valence-corrected chi connectivity index (χ2v) is 9.99. The molecule has 2 aromatic rings. The standard InChI is InChI=1S/C23H28F3N3O3S/c1-2-22(21(31)32)7-3-15(4-8-22)11-19(30)28-9-5-17-18(13-28)29(12-16-6-10-33-14-16)27-20(17)23(24,25)26/h6,10,14-15H,2-5,7-9,11-13H2,1H3,(H,31,32)/t15-,22-. The van der Waals surface area contributed by atoms with Gasteiger partial charge in [-0.2, -0.15) is 29.6 Å². The van der Waals surface area contributed by atoms with E-state index in [4.69, 9.17) is 0 Å². The molecule has 1 aliphatic carbocycles. The third kappa shape index (κ3) is 4.81. The fourth-order valence-electron chi connectivity index (χ4n) is 5.14. The number of aliphatic carboxylic acids is 1. The molecule has 3 heterocycles. The summed E-state index contributed by atoms with van der Waals surface area (Å²) in [5.41, 5.74) is -0.0256. The van der Waals surface area contributed by atoms with Crippen molar-refractivity contribution in [2.75, 3.05) is 6.54 Å². The number of hydrogen-bond donors (Lipinski definition) is 1. The van der Waals surface area contributed by atoms with Gasteiger partial charge < -0.3 is 10.0 Å². The lowest BCUT2D eigenvalue weighted by Gasteiger charge is -2.37. The highest BCUT2D eigenvalue weighted by Crippen LogP contribution is 2.43. The molecule has 2 aromatic heterocycles. The highest BCUT2D eigenvalue weighted by atomic mass is 32.1. The molecule has 1 fully saturated rings. The van der Waals surface area contributed by atoms with Crippen molar-refractivity contribution in [3.8, 4) is 0 Å². The van der Waals surface area contributed by atoms with Crippen LogP contribution in [-0.4, -0.2) is 38.2 Å². The van der Waals surface area contributed by atoms with Crippen LogP contribution in [0.25, 0.3) is 0 Å². The molecule has 1 saturated carbocycles. The zero-order valence-corrected chi connectivity index (χ0v) is 19.3. The smallest absolute Gasteiger partial charge is 0.435 e. The number of alkyl halides is 3. The molecule has 0 unspecified atom stereocenters. The summed E-state index contributed by atoms with van der Waals surface area (Å²) in [7, 11) is 0. The summed E-state index contributed by atoms with van der Waals surface area (Å²) in [6, 6.07) is 1.86. The monoisotopic (exact) mass is 483 g/mol. The van der Waals surface area contributed by atoms with Crippen LogP contribution in [0.15, 0.2) is 16.8 Å². The molecule has 0 spiro atoms. The fraction of sp³-hybridized carbons (Fsp3) is 0.609. The average molecular weight is 484 g/mol. The molecule has 1 N–H and O–H groups in total. The lowest BCUT2D eigenvalue weighted by Crippen LogP contribution is -2.39. The molecule has 1 amide bonds. The van der Waals surface area contributed by atoms with Crippen molar-refractivity contribution in [1.82, 2.24) is 14.7 Å². The second kappa shape index (κ2) is 9.12. The normalized spacial score (nSPS) is 23.4. The van der Waals surface area contributed by atoms with Crippen molar-refractivity contribution < 1.29 is 27.9 Å². The number of amides is 1. The second-order valence-electron chi connectivity index (χ2n) is 9.21. The molecular formula is C23H28F3N3O3S. The van der Waals surface area contributed by atoms with E-state index in [1.807, 2.05) is 23.8 Å². The van der Waals surface area contributed by atoms with E-state index in [9.17, 15) is 27.9 Å². The van der Waals surface area contributed by atoms with Gasteiger partial charge in [0.05, 0.1) is 24.2 Å². The fourth-order valence-corrected chi connectivity index (χ4v) is 5.80. The number of hydrogen-bond acceptors (Lipinski definition) is 4. The van der Waals surface area contributed by atoms with Crippen LogP contribution < -0.4 is 0 Å². The van der Waals surface area contributed by atoms with Crippen LogP contribution in [0.1, 0.15) is 68.0 Å². The maximum atomic E-state index is 13.6. The highest BCUT2D eigenvalue weighted by molar-refractivity contribution is 7.07. The topological polar surface area (TPSA) is 75.4 Å². The first-order valence-electron chi connectivity index (χ1n) is 11.3. The first kappa shape index (κ1) is 23.8. The van der Waals surface area contributed by atoms with Gasteiger partial charge in [-0.25, -0.2) is 0 Å². The molecule has 1 aliphatic heterocycles. The van der Waals surface area contributed by atoms with E-state index < -0.39 is 23.3 Å². The molecule has 10 heteroatoms. The number of carbonyl (C=O) groups is 2. The van der Waals surface area contributed by atoms with Gasteiger partial charge in [0.2, 0.25) is 5.91 Å². The van der Waals surface area contributed by atoms with E-state index in [0.29, 0.717) is 44.2 Å². The van der Waals surface area contributed by atoms with Crippen LogP contribution in [0.5, 0.6) is 0 Å². The van der Waals surface area contributed by atoms with Crippen LogP contribution in [0, 0.1) is 11.3 Å². The number of rotatable bonds is 6. The molecule has 2 aliphatic rings. The zero-order valence-electron chi connectivity index (χ0n) is 18.5. The molecule has 4 rings (SSSR count). The number of fused-ring (bicyclic) bond motifs is 1. The molecule has 6 nitrogen and oxygen atoms in total. The average Bonchev–Trinajstić information content (AvgIpc) is 3.42. The maximum absolute atomic E-state index is 13.6.